The highest BCUT2D eigenvalue weighted by Gasteiger charge is 2.40. The lowest BCUT2D eigenvalue weighted by molar-refractivity contribution is -0.155. The molecule has 0 aromatic heterocycles. The van der Waals surface area contributed by atoms with E-state index in [-0.39, 0.29) is 23.2 Å². The molecule has 1 aromatic rings. The summed E-state index contributed by atoms with van der Waals surface area (Å²) in [6, 6.07) is 5.97. The molecule has 0 bridgehead atoms. The maximum atomic E-state index is 12.7. The van der Waals surface area contributed by atoms with Crippen LogP contribution in [0.4, 0.5) is 0 Å². The van der Waals surface area contributed by atoms with Gasteiger partial charge < -0.3 is 14.5 Å². The molecule has 0 aliphatic carbocycles. The molecule has 0 N–H and O–H groups in total. The quantitative estimate of drug-likeness (QED) is 0.687. The number of carbonyl (C=O) groups excluding carboxylic acids is 2. The Morgan fingerprint density at radius 3 is 2.62 bits per heavy atom. The Hall–Kier alpha value is -2.42. The van der Waals surface area contributed by atoms with Gasteiger partial charge in [-0.2, -0.15) is 8.42 Å². The average Bonchev–Trinajstić information content (AvgIpc) is 3.29. The van der Waals surface area contributed by atoms with Gasteiger partial charge in [0.1, 0.15) is 10.9 Å². The van der Waals surface area contributed by atoms with Crippen LogP contribution < -0.4 is 0 Å². The SMILES string of the molecule is CC1CCN(C(=O)COC(=O)[C@@H]2CCCN2C2=NS(=O)(=O)c3ccccc32)CC1. The predicted octanol–water partition coefficient (Wildman–Crippen LogP) is 1.40. The standard InChI is InChI=1S/C20H25N3O5S/c1-14-8-11-22(12-9-14)18(24)13-28-20(25)16-6-4-10-23(16)19-15-5-2-3-7-17(15)29(26,27)21-19/h2-3,5,7,14,16H,4,6,8-13H2,1H3/t16-/m0/s1. The number of ether oxygens (including phenoxy) is 1. The van der Waals surface area contributed by atoms with Gasteiger partial charge in [0.25, 0.3) is 15.9 Å². The van der Waals surface area contributed by atoms with Crippen molar-refractivity contribution in [3.05, 3.63) is 29.8 Å². The van der Waals surface area contributed by atoms with Gasteiger partial charge in [-0.15, -0.1) is 4.40 Å². The fraction of sp³-hybridized carbons (Fsp3) is 0.550. The molecule has 0 radical (unpaired) electrons. The Morgan fingerprint density at radius 2 is 1.86 bits per heavy atom. The minimum atomic E-state index is -3.75. The van der Waals surface area contributed by atoms with Crippen molar-refractivity contribution in [2.24, 2.45) is 10.3 Å². The third-order valence-corrected chi connectivity index (χ3v) is 7.21. The van der Waals surface area contributed by atoms with Crippen LogP contribution >= 0.6 is 0 Å². The van der Waals surface area contributed by atoms with Gasteiger partial charge in [-0.05, 0) is 43.7 Å². The molecule has 3 aliphatic heterocycles. The van der Waals surface area contributed by atoms with Crippen molar-refractivity contribution in [1.29, 1.82) is 0 Å². The van der Waals surface area contributed by atoms with Crippen molar-refractivity contribution in [3.8, 4) is 0 Å². The molecular weight excluding hydrogens is 394 g/mol. The highest BCUT2D eigenvalue weighted by Crippen LogP contribution is 2.31. The monoisotopic (exact) mass is 419 g/mol. The molecule has 2 fully saturated rings. The summed E-state index contributed by atoms with van der Waals surface area (Å²) in [6.45, 7) is 3.79. The summed E-state index contributed by atoms with van der Waals surface area (Å²) < 4.78 is 33.9. The van der Waals surface area contributed by atoms with E-state index < -0.39 is 22.0 Å². The van der Waals surface area contributed by atoms with E-state index >= 15 is 0 Å². The summed E-state index contributed by atoms with van der Waals surface area (Å²) in [5.74, 6) is 0.211. The lowest BCUT2D eigenvalue weighted by Gasteiger charge is -2.30. The van der Waals surface area contributed by atoms with Crippen LogP contribution in [0.25, 0.3) is 0 Å². The van der Waals surface area contributed by atoms with Gasteiger partial charge in [0.2, 0.25) is 0 Å². The molecule has 1 atom stereocenters. The second-order valence-electron chi connectivity index (χ2n) is 7.91. The van der Waals surface area contributed by atoms with Crippen LogP contribution in [0.1, 0.15) is 38.2 Å². The zero-order chi connectivity index (χ0) is 20.6. The number of fused-ring (bicyclic) bond motifs is 1. The number of piperidine rings is 1. The van der Waals surface area contributed by atoms with Crippen molar-refractivity contribution in [2.45, 2.75) is 43.5 Å². The van der Waals surface area contributed by atoms with Crippen LogP contribution in [0.2, 0.25) is 0 Å². The molecule has 1 aromatic carbocycles. The average molecular weight is 420 g/mol. The maximum Gasteiger partial charge on any atom is 0.329 e. The van der Waals surface area contributed by atoms with Gasteiger partial charge in [-0.3, -0.25) is 4.79 Å². The summed E-state index contributed by atoms with van der Waals surface area (Å²) in [7, 11) is -3.75. The summed E-state index contributed by atoms with van der Waals surface area (Å²) in [4.78, 5) is 28.6. The minimum Gasteiger partial charge on any atom is -0.454 e. The molecule has 0 spiro atoms. The normalized spacial score (nSPS) is 23.6. The van der Waals surface area contributed by atoms with E-state index in [2.05, 4.69) is 11.3 Å². The summed E-state index contributed by atoms with van der Waals surface area (Å²) in [5.41, 5.74) is 0.505. The third kappa shape index (κ3) is 3.88. The number of amides is 1. The number of rotatable bonds is 3. The number of nitrogens with zero attached hydrogens (tertiary/aromatic N) is 3. The van der Waals surface area contributed by atoms with E-state index in [0.29, 0.717) is 37.5 Å². The number of sulfonamides is 1. The van der Waals surface area contributed by atoms with E-state index in [1.54, 1.807) is 28.0 Å². The van der Waals surface area contributed by atoms with Crippen molar-refractivity contribution in [1.82, 2.24) is 9.80 Å². The van der Waals surface area contributed by atoms with Crippen molar-refractivity contribution in [2.75, 3.05) is 26.2 Å². The number of carbonyl (C=O) groups is 2. The highest BCUT2D eigenvalue weighted by molar-refractivity contribution is 7.90. The minimum absolute atomic E-state index is 0.156. The molecule has 156 valence electrons. The number of amidine groups is 1. The number of esters is 1. The fourth-order valence-corrected chi connectivity index (χ4v) is 5.36. The Labute approximate surface area is 170 Å². The first-order valence-electron chi connectivity index (χ1n) is 10.0. The number of hydrogen-bond donors (Lipinski definition) is 0. The molecule has 8 nitrogen and oxygen atoms in total. The van der Waals surface area contributed by atoms with Gasteiger partial charge >= 0.3 is 5.97 Å². The first-order chi connectivity index (χ1) is 13.9. The van der Waals surface area contributed by atoms with Crippen LogP contribution in [0.5, 0.6) is 0 Å². The smallest absolute Gasteiger partial charge is 0.329 e. The maximum absolute atomic E-state index is 12.7. The Balaban J connectivity index is 1.43. The second kappa shape index (κ2) is 7.78. The molecule has 29 heavy (non-hydrogen) atoms. The fourth-order valence-electron chi connectivity index (χ4n) is 4.14. The Morgan fingerprint density at radius 1 is 1.14 bits per heavy atom. The van der Waals surface area contributed by atoms with Crippen LogP contribution in [0.15, 0.2) is 33.6 Å². The van der Waals surface area contributed by atoms with Crippen LogP contribution in [-0.4, -0.2) is 68.2 Å². The van der Waals surface area contributed by atoms with Gasteiger partial charge in [-0.1, -0.05) is 19.1 Å². The third-order valence-electron chi connectivity index (χ3n) is 5.88. The van der Waals surface area contributed by atoms with E-state index in [0.717, 1.165) is 19.3 Å². The van der Waals surface area contributed by atoms with Crippen molar-refractivity contribution in [3.63, 3.8) is 0 Å². The molecule has 2 saturated heterocycles. The van der Waals surface area contributed by atoms with E-state index in [1.807, 2.05) is 0 Å². The molecule has 1 amide bonds. The van der Waals surface area contributed by atoms with Gasteiger partial charge in [0.05, 0.1) is 0 Å². The zero-order valence-electron chi connectivity index (χ0n) is 16.4. The van der Waals surface area contributed by atoms with E-state index in [4.69, 9.17) is 4.74 Å². The van der Waals surface area contributed by atoms with E-state index in [9.17, 15) is 18.0 Å². The first kappa shape index (κ1) is 19.9. The summed E-state index contributed by atoms with van der Waals surface area (Å²) in [5, 5.41) is 0. The van der Waals surface area contributed by atoms with Crippen LogP contribution in [-0.2, 0) is 24.3 Å². The van der Waals surface area contributed by atoms with E-state index in [1.165, 1.54) is 6.07 Å². The molecule has 3 heterocycles. The molecular formula is C20H25N3O5S. The van der Waals surface area contributed by atoms with Gasteiger partial charge in [-0.25, -0.2) is 4.79 Å². The van der Waals surface area contributed by atoms with Crippen molar-refractivity contribution >= 4 is 27.7 Å². The first-order valence-corrected chi connectivity index (χ1v) is 11.5. The lowest BCUT2D eigenvalue weighted by Crippen LogP contribution is -2.44. The lowest BCUT2D eigenvalue weighted by atomic mass is 9.99. The Bertz CT molecular complexity index is 951. The number of likely N-dealkylation sites (tertiary alicyclic amines) is 2. The van der Waals surface area contributed by atoms with Crippen molar-refractivity contribution < 1.29 is 22.7 Å². The van der Waals surface area contributed by atoms with Gasteiger partial charge in [0, 0.05) is 25.2 Å². The highest BCUT2D eigenvalue weighted by atomic mass is 32.2. The van der Waals surface area contributed by atoms with Crippen LogP contribution in [0.3, 0.4) is 0 Å². The second-order valence-corrected chi connectivity index (χ2v) is 9.48. The topological polar surface area (TPSA) is 96.3 Å². The Kier molecular flexibility index (Phi) is 5.33. The largest absolute Gasteiger partial charge is 0.454 e. The predicted molar refractivity (Wildman–Crippen MR) is 106 cm³/mol. The molecule has 4 rings (SSSR count). The number of hydrogen-bond acceptors (Lipinski definition) is 6. The van der Waals surface area contributed by atoms with Gasteiger partial charge in [0.15, 0.2) is 12.4 Å². The molecule has 0 saturated carbocycles. The number of benzene rings is 1. The summed E-state index contributed by atoms with van der Waals surface area (Å²) >= 11 is 0. The molecule has 0 unspecified atom stereocenters. The molecule has 9 heteroatoms. The summed E-state index contributed by atoms with van der Waals surface area (Å²) in [6.07, 6.45) is 3.18. The zero-order valence-corrected chi connectivity index (χ0v) is 17.2. The molecule has 3 aliphatic rings. The van der Waals surface area contributed by atoms with Crippen LogP contribution in [0, 0.1) is 5.92 Å².